The van der Waals surface area contributed by atoms with Crippen molar-refractivity contribution in [3.05, 3.63) is 102 Å². The van der Waals surface area contributed by atoms with Gasteiger partial charge >= 0.3 is 0 Å². The van der Waals surface area contributed by atoms with Gasteiger partial charge < -0.3 is 9.88 Å². The first-order valence-electron chi connectivity index (χ1n) is 10.6. The summed E-state index contributed by atoms with van der Waals surface area (Å²) < 4.78 is 2.34. The van der Waals surface area contributed by atoms with Crippen LogP contribution in [-0.2, 0) is 19.4 Å². The van der Waals surface area contributed by atoms with Gasteiger partial charge in [-0.05, 0) is 49.1 Å². The van der Waals surface area contributed by atoms with Crippen LogP contribution in [-0.4, -0.2) is 22.0 Å². The number of imidazole rings is 1. The number of benzene rings is 3. The summed E-state index contributed by atoms with van der Waals surface area (Å²) in [6.07, 6.45) is 3.83. The number of aromatic nitrogens is 2. The van der Waals surface area contributed by atoms with Crippen LogP contribution in [0.1, 0.15) is 34.6 Å². The molecule has 152 valence electrons. The third-order valence-corrected chi connectivity index (χ3v) is 5.32. The van der Waals surface area contributed by atoms with Crippen molar-refractivity contribution in [2.45, 2.75) is 32.2 Å². The van der Waals surface area contributed by atoms with Gasteiger partial charge in [0, 0.05) is 25.1 Å². The Morgan fingerprint density at radius 2 is 1.50 bits per heavy atom. The molecule has 1 N–H and O–H groups in total. The minimum atomic E-state index is -0.0213. The first kappa shape index (κ1) is 19.9. The van der Waals surface area contributed by atoms with Gasteiger partial charge in [0.05, 0.1) is 11.0 Å². The quantitative estimate of drug-likeness (QED) is 0.403. The highest BCUT2D eigenvalue weighted by Gasteiger charge is 2.11. The summed E-state index contributed by atoms with van der Waals surface area (Å²) in [7, 11) is 0. The molecule has 0 unspecified atom stereocenters. The second kappa shape index (κ2) is 9.88. The Balaban J connectivity index is 1.36. The Hall–Kier alpha value is -3.40. The zero-order chi connectivity index (χ0) is 20.6. The first-order valence-corrected chi connectivity index (χ1v) is 10.6. The molecule has 4 aromatic rings. The van der Waals surface area contributed by atoms with E-state index in [-0.39, 0.29) is 5.91 Å². The maximum Gasteiger partial charge on any atom is 0.251 e. The van der Waals surface area contributed by atoms with Crippen LogP contribution in [0.15, 0.2) is 84.9 Å². The third-order valence-electron chi connectivity index (χ3n) is 5.32. The molecular weight excluding hydrogens is 370 g/mol. The summed E-state index contributed by atoms with van der Waals surface area (Å²) in [4.78, 5) is 17.1. The van der Waals surface area contributed by atoms with Crippen LogP contribution < -0.4 is 5.32 Å². The number of nitrogens with one attached hydrogen (secondary N) is 1. The van der Waals surface area contributed by atoms with Gasteiger partial charge in [0.25, 0.3) is 5.91 Å². The minimum Gasteiger partial charge on any atom is -0.352 e. The molecule has 1 amide bonds. The van der Waals surface area contributed by atoms with Crippen molar-refractivity contribution in [1.82, 2.24) is 14.9 Å². The molecule has 4 rings (SSSR count). The van der Waals surface area contributed by atoms with Gasteiger partial charge in [-0.1, -0.05) is 60.7 Å². The van der Waals surface area contributed by atoms with E-state index in [4.69, 9.17) is 4.98 Å². The second-order valence-electron chi connectivity index (χ2n) is 7.48. The van der Waals surface area contributed by atoms with Crippen molar-refractivity contribution in [1.29, 1.82) is 0 Å². The highest BCUT2D eigenvalue weighted by molar-refractivity contribution is 5.94. The maximum absolute atomic E-state index is 12.2. The SMILES string of the molecule is O=C(NCCCc1nc2ccccc2n1CCCc1ccccc1)c1ccccc1. The minimum absolute atomic E-state index is 0.0213. The number of amides is 1. The fourth-order valence-corrected chi connectivity index (χ4v) is 3.79. The van der Waals surface area contributed by atoms with Crippen LogP contribution in [0.5, 0.6) is 0 Å². The van der Waals surface area contributed by atoms with Gasteiger partial charge in [0.15, 0.2) is 0 Å². The fraction of sp³-hybridized carbons (Fsp3) is 0.231. The number of para-hydroxylation sites is 2. The molecule has 0 bridgehead atoms. The van der Waals surface area contributed by atoms with Gasteiger partial charge in [-0.2, -0.15) is 0 Å². The number of aryl methyl sites for hydroxylation is 3. The number of rotatable bonds is 9. The highest BCUT2D eigenvalue weighted by atomic mass is 16.1. The average Bonchev–Trinajstić information content (AvgIpc) is 3.15. The largest absolute Gasteiger partial charge is 0.352 e. The summed E-state index contributed by atoms with van der Waals surface area (Å²) in [5.41, 5.74) is 4.30. The molecule has 4 heteroatoms. The molecule has 0 aliphatic carbocycles. The van der Waals surface area contributed by atoms with E-state index in [0.717, 1.165) is 43.6 Å². The zero-order valence-electron chi connectivity index (χ0n) is 17.1. The van der Waals surface area contributed by atoms with E-state index in [1.54, 1.807) is 0 Å². The number of fused-ring (bicyclic) bond motifs is 1. The molecule has 0 aliphatic rings. The summed E-state index contributed by atoms with van der Waals surface area (Å²) >= 11 is 0. The molecule has 0 fully saturated rings. The Morgan fingerprint density at radius 1 is 0.800 bits per heavy atom. The molecule has 0 spiro atoms. The molecule has 0 atom stereocenters. The predicted octanol–water partition coefficient (Wildman–Crippen LogP) is 5.03. The molecule has 0 saturated heterocycles. The smallest absolute Gasteiger partial charge is 0.251 e. The third kappa shape index (κ3) is 4.95. The van der Waals surface area contributed by atoms with Gasteiger partial charge in [-0.25, -0.2) is 4.98 Å². The molecule has 1 heterocycles. The van der Waals surface area contributed by atoms with Crippen LogP contribution in [0.4, 0.5) is 0 Å². The van der Waals surface area contributed by atoms with Gasteiger partial charge in [0.2, 0.25) is 0 Å². The van der Waals surface area contributed by atoms with Crippen molar-refractivity contribution in [3.8, 4) is 0 Å². The van der Waals surface area contributed by atoms with Crippen molar-refractivity contribution in [3.63, 3.8) is 0 Å². The zero-order valence-corrected chi connectivity index (χ0v) is 17.1. The van der Waals surface area contributed by atoms with E-state index in [1.165, 1.54) is 11.1 Å². The van der Waals surface area contributed by atoms with E-state index < -0.39 is 0 Å². The Bertz CT molecular complexity index is 1090. The van der Waals surface area contributed by atoms with Crippen LogP contribution >= 0.6 is 0 Å². The molecule has 30 heavy (non-hydrogen) atoms. The number of carbonyl (C=O) groups is 1. The molecule has 3 aromatic carbocycles. The number of carbonyl (C=O) groups excluding carboxylic acids is 1. The van der Waals surface area contributed by atoms with Crippen molar-refractivity contribution < 1.29 is 4.79 Å². The number of nitrogens with zero attached hydrogens (tertiary/aromatic N) is 2. The lowest BCUT2D eigenvalue weighted by Crippen LogP contribution is -2.24. The van der Waals surface area contributed by atoms with Crippen LogP contribution in [0, 0.1) is 0 Å². The highest BCUT2D eigenvalue weighted by Crippen LogP contribution is 2.18. The predicted molar refractivity (Wildman–Crippen MR) is 122 cm³/mol. The normalized spacial score (nSPS) is 10.9. The lowest BCUT2D eigenvalue weighted by Gasteiger charge is -2.10. The Labute approximate surface area is 177 Å². The first-order chi connectivity index (χ1) is 14.8. The molecular formula is C26H27N3O. The molecule has 0 aliphatic heterocycles. The monoisotopic (exact) mass is 397 g/mol. The lowest BCUT2D eigenvalue weighted by atomic mass is 10.1. The van der Waals surface area contributed by atoms with Crippen molar-refractivity contribution in [2.75, 3.05) is 6.54 Å². The fourth-order valence-electron chi connectivity index (χ4n) is 3.79. The van der Waals surface area contributed by atoms with E-state index in [0.29, 0.717) is 12.1 Å². The molecule has 0 radical (unpaired) electrons. The topological polar surface area (TPSA) is 46.9 Å². The van der Waals surface area contributed by atoms with Gasteiger partial charge in [-0.3, -0.25) is 4.79 Å². The van der Waals surface area contributed by atoms with Crippen LogP contribution in [0.3, 0.4) is 0 Å². The maximum atomic E-state index is 12.2. The number of hydrogen-bond acceptors (Lipinski definition) is 2. The van der Waals surface area contributed by atoms with Crippen LogP contribution in [0.25, 0.3) is 11.0 Å². The Kier molecular flexibility index (Phi) is 6.55. The molecule has 1 aromatic heterocycles. The summed E-state index contributed by atoms with van der Waals surface area (Å²) in [6.45, 7) is 1.59. The van der Waals surface area contributed by atoms with E-state index in [1.807, 2.05) is 36.4 Å². The average molecular weight is 398 g/mol. The summed E-state index contributed by atoms with van der Waals surface area (Å²) in [5, 5.41) is 3.01. The van der Waals surface area contributed by atoms with Gasteiger partial charge in [0.1, 0.15) is 5.82 Å². The lowest BCUT2D eigenvalue weighted by molar-refractivity contribution is 0.0953. The molecule has 4 nitrogen and oxygen atoms in total. The standard InChI is InChI=1S/C26H27N3O/c30-26(22-14-5-2-6-15-22)27-19-9-18-25-28-23-16-7-8-17-24(23)29(25)20-10-13-21-11-3-1-4-12-21/h1-8,11-12,14-17H,9-10,13,18-20H2,(H,27,30). The van der Waals surface area contributed by atoms with E-state index in [9.17, 15) is 4.79 Å². The molecule has 0 saturated carbocycles. The summed E-state index contributed by atoms with van der Waals surface area (Å²) in [6, 6.07) is 28.3. The van der Waals surface area contributed by atoms with E-state index >= 15 is 0 Å². The second-order valence-corrected chi connectivity index (χ2v) is 7.48. The van der Waals surface area contributed by atoms with E-state index in [2.05, 4.69) is 58.4 Å². The van der Waals surface area contributed by atoms with Crippen molar-refractivity contribution >= 4 is 16.9 Å². The number of hydrogen-bond donors (Lipinski definition) is 1. The van der Waals surface area contributed by atoms with Crippen molar-refractivity contribution in [2.24, 2.45) is 0 Å². The summed E-state index contributed by atoms with van der Waals surface area (Å²) in [5.74, 6) is 1.07. The van der Waals surface area contributed by atoms with Crippen LogP contribution in [0.2, 0.25) is 0 Å². The Morgan fingerprint density at radius 3 is 2.30 bits per heavy atom. The van der Waals surface area contributed by atoms with Gasteiger partial charge in [-0.15, -0.1) is 0 Å².